The summed E-state index contributed by atoms with van der Waals surface area (Å²) in [6.45, 7) is 5.57. The van der Waals surface area contributed by atoms with E-state index in [1.807, 2.05) is 0 Å². The van der Waals surface area contributed by atoms with Crippen molar-refractivity contribution in [2.75, 3.05) is 12.3 Å². The van der Waals surface area contributed by atoms with E-state index in [2.05, 4.69) is 5.32 Å². The number of nitrogens with one attached hydrogen (secondary N) is 1. The van der Waals surface area contributed by atoms with Gasteiger partial charge in [0, 0.05) is 17.8 Å². The number of rotatable bonds is 4. The van der Waals surface area contributed by atoms with Crippen LogP contribution < -0.4 is 11.1 Å². The quantitative estimate of drug-likeness (QED) is 0.660. The van der Waals surface area contributed by atoms with Crippen molar-refractivity contribution in [1.82, 2.24) is 5.32 Å². The monoisotopic (exact) mass is 286 g/mol. The van der Waals surface area contributed by atoms with E-state index in [9.17, 15) is 13.6 Å². The van der Waals surface area contributed by atoms with E-state index < -0.39 is 23.3 Å². The average Bonchev–Trinajstić information content (AvgIpc) is 2.31. The molecular formula is C14H20F2N2O2. The Labute approximate surface area is 117 Å². The first kappa shape index (κ1) is 16.2. The smallest absolute Gasteiger partial charge is 0.407 e. The number of hydrogen-bond donors (Lipinski definition) is 2. The van der Waals surface area contributed by atoms with Crippen LogP contribution in [-0.2, 0) is 11.2 Å². The zero-order valence-electron chi connectivity index (χ0n) is 11.9. The van der Waals surface area contributed by atoms with Crippen molar-refractivity contribution in [3.8, 4) is 0 Å². The molecule has 0 fully saturated rings. The van der Waals surface area contributed by atoms with Crippen molar-refractivity contribution >= 4 is 11.8 Å². The van der Waals surface area contributed by atoms with E-state index in [0.29, 0.717) is 13.0 Å². The molecular weight excluding hydrogens is 266 g/mol. The zero-order valence-corrected chi connectivity index (χ0v) is 11.9. The summed E-state index contributed by atoms with van der Waals surface area (Å²) in [7, 11) is 0. The highest BCUT2D eigenvalue weighted by molar-refractivity contribution is 5.67. The number of carbonyl (C=O) groups excluding carboxylic acids is 1. The molecule has 0 bridgehead atoms. The normalized spacial score (nSPS) is 11.2. The van der Waals surface area contributed by atoms with Gasteiger partial charge in [-0.3, -0.25) is 0 Å². The van der Waals surface area contributed by atoms with E-state index in [4.69, 9.17) is 10.5 Å². The zero-order chi connectivity index (χ0) is 15.3. The van der Waals surface area contributed by atoms with Gasteiger partial charge in [-0.1, -0.05) is 0 Å². The summed E-state index contributed by atoms with van der Waals surface area (Å²) in [5.41, 5.74) is 5.38. The maximum atomic E-state index is 13.5. The lowest BCUT2D eigenvalue weighted by molar-refractivity contribution is 0.0527. The third-order valence-electron chi connectivity index (χ3n) is 2.50. The molecule has 6 heteroatoms. The highest BCUT2D eigenvalue weighted by Gasteiger charge is 2.16. The molecule has 0 aliphatic carbocycles. The molecule has 0 aliphatic heterocycles. The molecule has 112 valence electrons. The molecule has 0 saturated heterocycles. The second-order valence-electron chi connectivity index (χ2n) is 5.46. The average molecular weight is 286 g/mol. The largest absolute Gasteiger partial charge is 0.444 e. The molecule has 1 amide bonds. The third kappa shape index (κ3) is 5.03. The van der Waals surface area contributed by atoms with Crippen LogP contribution in [0.4, 0.5) is 19.3 Å². The molecule has 0 radical (unpaired) electrons. The molecule has 0 unspecified atom stereocenters. The Morgan fingerprint density at radius 3 is 2.60 bits per heavy atom. The van der Waals surface area contributed by atoms with E-state index in [1.165, 1.54) is 6.07 Å². The van der Waals surface area contributed by atoms with Crippen molar-refractivity contribution in [1.29, 1.82) is 0 Å². The van der Waals surface area contributed by atoms with Crippen molar-refractivity contribution in [3.63, 3.8) is 0 Å². The Bertz CT molecular complexity index is 485. The molecule has 1 aromatic rings. The minimum Gasteiger partial charge on any atom is -0.444 e. The number of ether oxygens (including phenoxy) is 1. The van der Waals surface area contributed by atoms with E-state index in [1.54, 1.807) is 20.8 Å². The molecule has 1 rings (SSSR count). The highest BCUT2D eigenvalue weighted by atomic mass is 19.2. The lowest BCUT2D eigenvalue weighted by Crippen LogP contribution is -2.33. The number of halogens is 2. The minimum atomic E-state index is -0.928. The van der Waals surface area contributed by atoms with Gasteiger partial charge in [-0.15, -0.1) is 0 Å². The first-order valence-electron chi connectivity index (χ1n) is 6.40. The van der Waals surface area contributed by atoms with Crippen LogP contribution in [0.2, 0.25) is 0 Å². The van der Waals surface area contributed by atoms with Gasteiger partial charge in [0.2, 0.25) is 0 Å². The minimum absolute atomic E-state index is 0.135. The molecule has 0 spiro atoms. The topological polar surface area (TPSA) is 64.3 Å². The first-order valence-corrected chi connectivity index (χ1v) is 6.40. The number of hydrogen-bond acceptors (Lipinski definition) is 3. The summed E-state index contributed by atoms with van der Waals surface area (Å²) >= 11 is 0. The van der Waals surface area contributed by atoms with Crippen LogP contribution in [0, 0.1) is 11.6 Å². The van der Waals surface area contributed by atoms with Crippen LogP contribution in [0.3, 0.4) is 0 Å². The van der Waals surface area contributed by atoms with Gasteiger partial charge in [0.25, 0.3) is 0 Å². The summed E-state index contributed by atoms with van der Waals surface area (Å²) in [4.78, 5) is 11.4. The predicted molar refractivity (Wildman–Crippen MR) is 73.3 cm³/mol. The predicted octanol–water partition coefficient (Wildman–Crippen LogP) is 3.00. The van der Waals surface area contributed by atoms with E-state index in [-0.39, 0.29) is 17.7 Å². The van der Waals surface area contributed by atoms with Gasteiger partial charge in [-0.25, -0.2) is 13.6 Å². The number of nitrogen functional groups attached to an aromatic ring is 1. The molecule has 1 aromatic carbocycles. The molecule has 0 aliphatic rings. The SMILES string of the molecule is CC(C)(C)OC(=O)NCCCc1c(N)ccc(F)c1F. The third-order valence-corrected chi connectivity index (χ3v) is 2.50. The maximum Gasteiger partial charge on any atom is 0.407 e. The number of carbonyl (C=O) groups is 1. The number of amides is 1. The molecule has 20 heavy (non-hydrogen) atoms. The molecule has 0 aromatic heterocycles. The first-order chi connectivity index (χ1) is 9.20. The van der Waals surface area contributed by atoms with Gasteiger partial charge in [-0.2, -0.15) is 0 Å². The van der Waals surface area contributed by atoms with Crippen molar-refractivity contribution in [3.05, 3.63) is 29.3 Å². The Kier molecular flexibility index (Phi) is 5.30. The summed E-state index contributed by atoms with van der Waals surface area (Å²) in [5, 5.41) is 2.54. The second-order valence-corrected chi connectivity index (χ2v) is 5.46. The maximum absolute atomic E-state index is 13.5. The number of anilines is 1. The van der Waals surface area contributed by atoms with Crippen LogP contribution in [-0.4, -0.2) is 18.2 Å². The van der Waals surface area contributed by atoms with Crippen molar-refractivity contribution < 1.29 is 18.3 Å². The molecule has 3 N–H and O–H groups in total. The van der Waals surface area contributed by atoms with E-state index in [0.717, 1.165) is 6.07 Å². The number of benzene rings is 1. The van der Waals surface area contributed by atoms with Crippen LogP contribution in [0.15, 0.2) is 12.1 Å². The Hall–Kier alpha value is -1.85. The molecule has 0 heterocycles. The fourth-order valence-corrected chi connectivity index (χ4v) is 1.63. The Morgan fingerprint density at radius 2 is 2.00 bits per heavy atom. The summed E-state index contributed by atoms with van der Waals surface area (Å²) < 4.78 is 31.6. The van der Waals surface area contributed by atoms with Gasteiger partial charge >= 0.3 is 6.09 Å². The van der Waals surface area contributed by atoms with Crippen LogP contribution in [0.5, 0.6) is 0 Å². The van der Waals surface area contributed by atoms with Gasteiger partial charge in [0.15, 0.2) is 11.6 Å². The van der Waals surface area contributed by atoms with Gasteiger partial charge in [0.1, 0.15) is 5.60 Å². The molecule has 0 saturated carbocycles. The molecule has 4 nitrogen and oxygen atoms in total. The van der Waals surface area contributed by atoms with Gasteiger partial charge in [-0.05, 0) is 45.7 Å². The number of nitrogens with two attached hydrogens (primary N) is 1. The summed E-state index contributed by atoms with van der Waals surface area (Å²) in [6.07, 6.45) is 0.139. The summed E-state index contributed by atoms with van der Waals surface area (Å²) in [5.74, 6) is -1.85. The summed E-state index contributed by atoms with van der Waals surface area (Å²) in [6, 6.07) is 2.32. The highest BCUT2D eigenvalue weighted by Crippen LogP contribution is 2.20. The Morgan fingerprint density at radius 1 is 1.35 bits per heavy atom. The fraction of sp³-hybridized carbons (Fsp3) is 0.500. The van der Waals surface area contributed by atoms with Crippen LogP contribution >= 0.6 is 0 Å². The molecule has 0 atom stereocenters. The lowest BCUT2D eigenvalue weighted by Gasteiger charge is -2.19. The fourth-order valence-electron chi connectivity index (χ4n) is 1.63. The van der Waals surface area contributed by atoms with Crippen LogP contribution in [0.25, 0.3) is 0 Å². The van der Waals surface area contributed by atoms with Gasteiger partial charge in [0.05, 0.1) is 0 Å². The van der Waals surface area contributed by atoms with Crippen LogP contribution in [0.1, 0.15) is 32.8 Å². The van der Waals surface area contributed by atoms with Crippen molar-refractivity contribution in [2.24, 2.45) is 0 Å². The Balaban J connectivity index is 2.43. The standard InChI is InChI=1S/C14H20F2N2O2/c1-14(2,3)20-13(19)18-8-4-5-9-11(17)7-6-10(15)12(9)16/h6-7H,4-5,8,17H2,1-3H3,(H,18,19). The van der Waals surface area contributed by atoms with Gasteiger partial charge < -0.3 is 15.8 Å². The second kappa shape index (κ2) is 6.54. The number of alkyl carbamates (subject to hydrolysis) is 1. The van der Waals surface area contributed by atoms with E-state index >= 15 is 0 Å². The van der Waals surface area contributed by atoms with Crippen molar-refractivity contribution in [2.45, 2.75) is 39.2 Å². The lowest BCUT2D eigenvalue weighted by atomic mass is 10.1.